The summed E-state index contributed by atoms with van der Waals surface area (Å²) in [5.74, 6) is 0. The SMILES string of the molecule is CCC1(C)CCCc2sc(N)c(C#N)c21. The lowest BCUT2D eigenvalue weighted by Gasteiger charge is -2.33. The van der Waals surface area contributed by atoms with Gasteiger partial charge < -0.3 is 5.73 Å². The molecule has 2 nitrogen and oxygen atoms in total. The Labute approximate surface area is 94.7 Å². The first kappa shape index (κ1) is 10.5. The zero-order valence-corrected chi connectivity index (χ0v) is 10.1. The summed E-state index contributed by atoms with van der Waals surface area (Å²) in [5, 5.41) is 9.88. The highest BCUT2D eigenvalue weighted by Crippen LogP contribution is 2.46. The van der Waals surface area contributed by atoms with Crippen LogP contribution in [0.4, 0.5) is 5.00 Å². The molecule has 2 N–H and O–H groups in total. The van der Waals surface area contributed by atoms with Crippen LogP contribution in [-0.2, 0) is 11.8 Å². The van der Waals surface area contributed by atoms with Crippen LogP contribution in [0.1, 0.15) is 49.1 Å². The highest BCUT2D eigenvalue weighted by molar-refractivity contribution is 7.16. The molecule has 3 heteroatoms. The van der Waals surface area contributed by atoms with Crippen molar-refractivity contribution < 1.29 is 0 Å². The lowest BCUT2D eigenvalue weighted by molar-refractivity contribution is 0.384. The number of nitrogens with two attached hydrogens (primary N) is 1. The zero-order chi connectivity index (χ0) is 11.1. The Balaban J connectivity index is 2.65. The van der Waals surface area contributed by atoms with Gasteiger partial charge in [-0.15, -0.1) is 11.3 Å². The Bertz CT molecular complexity index is 428. The Hall–Kier alpha value is -1.01. The standard InChI is InChI=1S/C12H16N2S/c1-3-12(2)6-4-5-9-10(12)8(7-13)11(14)15-9/h3-6,14H2,1-2H3. The maximum Gasteiger partial charge on any atom is 0.104 e. The molecule has 1 aromatic rings. The molecule has 1 aliphatic rings. The molecule has 0 radical (unpaired) electrons. The van der Waals surface area contributed by atoms with Crippen molar-refractivity contribution in [2.45, 2.75) is 44.9 Å². The molecular formula is C12H16N2S. The third kappa shape index (κ3) is 1.44. The molecule has 0 aromatic carbocycles. The predicted octanol–water partition coefficient (Wildman–Crippen LogP) is 3.21. The van der Waals surface area contributed by atoms with Crippen LogP contribution < -0.4 is 5.73 Å². The number of nitrogens with zero attached hydrogens (tertiary/aromatic N) is 1. The van der Waals surface area contributed by atoms with Crippen molar-refractivity contribution in [2.24, 2.45) is 0 Å². The van der Waals surface area contributed by atoms with Crippen molar-refractivity contribution >= 4 is 16.3 Å². The molecule has 0 spiro atoms. The van der Waals surface area contributed by atoms with Crippen LogP contribution in [0.3, 0.4) is 0 Å². The van der Waals surface area contributed by atoms with Crippen LogP contribution >= 0.6 is 11.3 Å². The zero-order valence-electron chi connectivity index (χ0n) is 9.26. The molecule has 1 aliphatic carbocycles. The first-order chi connectivity index (χ1) is 7.12. The fourth-order valence-corrected chi connectivity index (χ4v) is 3.75. The topological polar surface area (TPSA) is 49.8 Å². The number of rotatable bonds is 1. The second-order valence-corrected chi connectivity index (χ2v) is 5.66. The van der Waals surface area contributed by atoms with Crippen molar-refractivity contribution in [3.63, 3.8) is 0 Å². The van der Waals surface area contributed by atoms with Gasteiger partial charge in [-0.25, -0.2) is 0 Å². The Kier molecular flexibility index (Phi) is 2.47. The fourth-order valence-electron chi connectivity index (χ4n) is 2.54. The quantitative estimate of drug-likeness (QED) is 0.790. The maximum absolute atomic E-state index is 9.17. The van der Waals surface area contributed by atoms with Crippen LogP contribution in [0.25, 0.3) is 0 Å². The van der Waals surface area contributed by atoms with E-state index in [2.05, 4.69) is 19.9 Å². The fraction of sp³-hybridized carbons (Fsp3) is 0.583. The Morgan fingerprint density at radius 1 is 1.60 bits per heavy atom. The molecule has 0 aliphatic heterocycles. The van der Waals surface area contributed by atoms with E-state index in [1.54, 1.807) is 11.3 Å². The van der Waals surface area contributed by atoms with E-state index in [4.69, 9.17) is 11.0 Å². The van der Waals surface area contributed by atoms with Gasteiger partial charge in [0.15, 0.2) is 0 Å². The third-order valence-electron chi connectivity index (χ3n) is 3.64. The molecule has 0 fully saturated rings. The molecule has 2 rings (SSSR count). The van der Waals surface area contributed by atoms with E-state index in [-0.39, 0.29) is 5.41 Å². The van der Waals surface area contributed by atoms with E-state index in [0.29, 0.717) is 5.00 Å². The van der Waals surface area contributed by atoms with E-state index < -0.39 is 0 Å². The van der Waals surface area contributed by atoms with Crippen LogP contribution in [0.2, 0.25) is 0 Å². The maximum atomic E-state index is 9.17. The predicted molar refractivity (Wildman–Crippen MR) is 64.0 cm³/mol. The summed E-state index contributed by atoms with van der Waals surface area (Å²) in [6.07, 6.45) is 4.59. The van der Waals surface area contributed by atoms with Gasteiger partial charge in [-0.05, 0) is 36.7 Å². The van der Waals surface area contributed by atoms with Gasteiger partial charge in [0.1, 0.15) is 11.1 Å². The number of fused-ring (bicyclic) bond motifs is 1. The van der Waals surface area contributed by atoms with Crippen LogP contribution in [0, 0.1) is 11.3 Å². The van der Waals surface area contributed by atoms with Crippen LogP contribution in [-0.4, -0.2) is 0 Å². The summed E-state index contributed by atoms with van der Waals surface area (Å²) >= 11 is 1.61. The van der Waals surface area contributed by atoms with Gasteiger partial charge in [0, 0.05) is 4.88 Å². The van der Waals surface area contributed by atoms with Gasteiger partial charge in [-0.1, -0.05) is 13.8 Å². The molecule has 15 heavy (non-hydrogen) atoms. The van der Waals surface area contributed by atoms with E-state index >= 15 is 0 Å². The number of nitrogen functional groups attached to an aromatic ring is 1. The summed E-state index contributed by atoms with van der Waals surface area (Å²) in [6.45, 7) is 4.46. The van der Waals surface area contributed by atoms with Crippen molar-refractivity contribution in [3.05, 3.63) is 16.0 Å². The molecule has 1 unspecified atom stereocenters. The first-order valence-corrected chi connectivity index (χ1v) is 6.25. The summed E-state index contributed by atoms with van der Waals surface area (Å²) in [6, 6.07) is 2.28. The highest BCUT2D eigenvalue weighted by Gasteiger charge is 2.35. The lowest BCUT2D eigenvalue weighted by atomic mass is 9.71. The minimum Gasteiger partial charge on any atom is -0.389 e. The van der Waals surface area contributed by atoms with E-state index in [9.17, 15) is 0 Å². The molecule has 1 aromatic heterocycles. The van der Waals surface area contributed by atoms with E-state index in [0.717, 1.165) is 18.4 Å². The number of aryl methyl sites for hydroxylation is 1. The first-order valence-electron chi connectivity index (χ1n) is 5.44. The number of anilines is 1. The normalized spacial score (nSPS) is 24.6. The third-order valence-corrected chi connectivity index (χ3v) is 4.72. The van der Waals surface area contributed by atoms with Crippen LogP contribution in [0.15, 0.2) is 0 Å². The van der Waals surface area contributed by atoms with Gasteiger partial charge >= 0.3 is 0 Å². The van der Waals surface area contributed by atoms with Gasteiger partial charge in [0.2, 0.25) is 0 Å². The monoisotopic (exact) mass is 220 g/mol. The minimum atomic E-state index is 0.173. The average molecular weight is 220 g/mol. The number of thiophene rings is 1. The number of nitriles is 1. The molecule has 0 bridgehead atoms. The number of hydrogen-bond donors (Lipinski definition) is 1. The molecule has 0 amide bonds. The molecule has 0 saturated heterocycles. The Morgan fingerprint density at radius 2 is 2.33 bits per heavy atom. The summed E-state index contributed by atoms with van der Waals surface area (Å²) in [7, 11) is 0. The average Bonchev–Trinajstić information content (AvgIpc) is 2.55. The largest absolute Gasteiger partial charge is 0.389 e. The van der Waals surface area contributed by atoms with Crippen molar-refractivity contribution in [1.29, 1.82) is 5.26 Å². The van der Waals surface area contributed by atoms with Crippen LogP contribution in [0.5, 0.6) is 0 Å². The van der Waals surface area contributed by atoms with Crippen molar-refractivity contribution in [3.8, 4) is 6.07 Å². The summed E-state index contributed by atoms with van der Waals surface area (Å²) in [5.41, 5.74) is 8.08. The molecule has 1 heterocycles. The molecule has 0 saturated carbocycles. The summed E-state index contributed by atoms with van der Waals surface area (Å²) < 4.78 is 0. The number of hydrogen-bond acceptors (Lipinski definition) is 3. The van der Waals surface area contributed by atoms with Gasteiger partial charge in [-0.2, -0.15) is 5.26 Å². The van der Waals surface area contributed by atoms with E-state index in [1.807, 2.05) is 0 Å². The molecular weight excluding hydrogens is 204 g/mol. The van der Waals surface area contributed by atoms with Crippen molar-refractivity contribution in [1.82, 2.24) is 0 Å². The van der Waals surface area contributed by atoms with Gasteiger partial charge in [0.05, 0.1) is 5.56 Å². The minimum absolute atomic E-state index is 0.173. The van der Waals surface area contributed by atoms with Gasteiger partial charge in [0.25, 0.3) is 0 Å². The molecule has 1 atom stereocenters. The second-order valence-electron chi connectivity index (χ2n) is 4.52. The smallest absolute Gasteiger partial charge is 0.104 e. The summed E-state index contributed by atoms with van der Waals surface area (Å²) in [4.78, 5) is 1.35. The highest BCUT2D eigenvalue weighted by atomic mass is 32.1. The van der Waals surface area contributed by atoms with Crippen molar-refractivity contribution in [2.75, 3.05) is 5.73 Å². The molecule has 80 valence electrons. The lowest BCUT2D eigenvalue weighted by Crippen LogP contribution is -2.26. The van der Waals surface area contributed by atoms with Gasteiger partial charge in [-0.3, -0.25) is 0 Å². The van der Waals surface area contributed by atoms with E-state index in [1.165, 1.54) is 23.3 Å². The second kappa shape index (κ2) is 3.53. The Morgan fingerprint density at radius 3 is 2.93 bits per heavy atom.